The molecule has 0 aromatic rings. The first kappa shape index (κ1) is 121. The van der Waals surface area contributed by atoms with Crippen LogP contribution in [0, 0.1) is 0 Å². The van der Waals surface area contributed by atoms with Gasteiger partial charge >= 0.3 is 0 Å². The Kier molecular flexibility index (Phi) is 44.6. The molecule has 0 bridgehead atoms. The second-order valence-corrected chi connectivity index (χ2v) is 37.1. The predicted molar refractivity (Wildman–Crippen MR) is 454 cm³/mol. The molecule has 0 spiro atoms. The van der Waals surface area contributed by atoms with E-state index in [1.807, 2.05) is 0 Å². The second kappa shape index (κ2) is 54.1. The van der Waals surface area contributed by atoms with E-state index < -0.39 is 465 Å². The highest BCUT2D eigenvalue weighted by atomic mass is 16.8. The van der Waals surface area contributed by atoms with Crippen LogP contribution in [-0.4, -0.2) is 642 Å². The van der Waals surface area contributed by atoms with Gasteiger partial charge in [0, 0.05) is 56.1 Å². The fourth-order valence-corrected chi connectivity index (χ4v) is 19.4. The van der Waals surface area contributed by atoms with Crippen LogP contribution in [0.25, 0.3) is 0 Å². The van der Waals surface area contributed by atoms with E-state index in [0.717, 1.165) is 56.1 Å². The molecular weight excluding hydrogens is 2010 g/mol. The summed E-state index contributed by atoms with van der Waals surface area (Å²) in [6, 6.07) is -7.97. The normalized spacial score (nSPS) is 49.0. The molecule has 12 fully saturated rings. The topological polar surface area (TPSA) is 952 Å². The number of hydrogen-bond donors (Lipinski definition) is 33. The van der Waals surface area contributed by atoms with Crippen LogP contribution >= 0.6 is 0 Å². The number of aliphatic hydroxyl groups is 29. The summed E-state index contributed by atoms with van der Waals surface area (Å²) in [6.45, 7) is -8.77. The summed E-state index contributed by atoms with van der Waals surface area (Å²) < 4.78 is 161. The lowest BCUT2D eigenvalue weighted by atomic mass is 9.93. The summed E-state index contributed by atoms with van der Waals surface area (Å²) in [4.78, 5) is 53.0. The maximum atomic E-state index is 13.8. The third-order valence-electron chi connectivity index (χ3n) is 27.3. The van der Waals surface area contributed by atoms with Crippen LogP contribution in [0.4, 0.5) is 0 Å². The average Bonchev–Trinajstić information content (AvgIpc) is 1.62. The number of amides is 4. The summed E-state index contributed by atoms with van der Waals surface area (Å²) >= 11 is 0. The standard InChI is InChI=1S/C83H140N4O60/c1-21(96)84-37-50(109)61(30(14-93)129-72(37)120)141-73-38(85-22(2)97)52(111)63(32(16-95)135-73)143-83-71(147-80-55(114)43(102)27(11-90)133-80)69(49(108)36(140-83)20-125-76-56(115)53(112)41(100)25(9-88)130-76)145-82-70(54(113)42(101)26(10-89)134-82)146-74-39(86-23(3)98)51(110)62(31(15-94)136-74)142-75-40(87-24(4)99)64(46(105)33(137-75)17-126-77-57(116)65(121-5)44(103)28(12-91)131-77)144-81-60(119)68(124-8)48(107)35(139-81)19-128-79-59(118)67(123-7)47(106)34(138-79)18-127-78-58(117)66(122-6)45(104)29(13-92)132-78/h25-83,88-95,100-120H,9-20H2,1-8H3,(H,84,96)(H,85,97)(H,86,98)(H,87,99)/t25-,26-,27-,28-,29-,30-,31-,32-,33-,34-,35-,36-,37-,38-,39-,40-,41-,42-,43+,44+,45+,46+,47+,48+,49-,50-,51-,52-,53+,54+,55-,56+,57-,58-,59-,60-,61-,62-,63-,64-,65+,66+,67+,68+,69+,70+,71+,72?,73+,74+,75+,76+,77-,78-,79-,80+,81+,82-,83+/m1/s1. The van der Waals surface area contributed by atoms with Gasteiger partial charge in [-0.3, -0.25) is 19.2 Å². The van der Waals surface area contributed by atoms with Crippen LogP contribution in [0.3, 0.4) is 0 Å². The van der Waals surface area contributed by atoms with E-state index >= 15 is 0 Å². The van der Waals surface area contributed by atoms with Gasteiger partial charge in [-0.2, -0.15) is 0 Å². The Hall–Kier alpha value is -4.36. The smallest absolute Gasteiger partial charge is 0.217 e. The van der Waals surface area contributed by atoms with Crippen molar-refractivity contribution in [3.63, 3.8) is 0 Å². The van der Waals surface area contributed by atoms with Crippen LogP contribution in [0.1, 0.15) is 27.7 Å². The lowest BCUT2D eigenvalue weighted by Gasteiger charge is -2.52. The van der Waals surface area contributed by atoms with Crippen molar-refractivity contribution in [1.82, 2.24) is 21.3 Å². The number of methoxy groups -OCH3 is 4. The molecule has 12 heterocycles. The van der Waals surface area contributed by atoms with Gasteiger partial charge in [0.25, 0.3) is 0 Å². The molecule has 0 aromatic heterocycles. The number of rotatable bonds is 42. The summed E-state index contributed by atoms with van der Waals surface area (Å²) in [5.41, 5.74) is 0. The molecule has 4 amide bonds. The van der Waals surface area contributed by atoms with Crippen molar-refractivity contribution in [2.75, 3.05) is 108 Å². The molecule has 64 heteroatoms. The van der Waals surface area contributed by atoms with Gasteiger partial charge in [-0.05, 0) is 0 Å². The van der Waals surface area contributed by atoms with Gasteiger partial charge in [0.15, 0.2) is 75.5 Å². The molecule has 64 nitrogen and oxygen atoms in total. The van der Waals surface area contributed by atoms with Crippen LogP contribution < -0.4 is 21.3 Å². The monoisotopic (exact) mass is 2150 g/mol. The van der Waals surface area contributed by atoms with Crippen molar-refractivity contribution in [2.24, 2.45) is 0 Å². The predicted octanol–water partition coefficient (Wildman–Crippen LogP) is -23.3. The molecule has 0 aliphatic carbocycles. The molecule has 1 unspecified atom stereocenters. The van der Waals surface area contributed by atoms with Crippen molar-refractivity contribution < 1.29 is 295 Å². The molecule has 33 N–H and O–H groups in total. The minimum Gasteiger partial charge on any atom is -0.394 e. The van der Waals surface area contributed by atoms with Gasteiger partial charge < -0.3 is 297 Å². The summed E-state index contributed by atoms with van der Waals surface area (Å²) in [7, 11) is 4.35. The first-order valence-electron chi connectivity index (χ1n) is 47.1. The Labute approximate surface area is 835 Å². The Bertz CT molecular complexity index is 4020. The number of aliphatic hydroxyl groups excluding tert-OH is 29. The molecule has 0 radical (unpaired) electrons. The SMILES string of the molecule is CO[C@H]1[C@@H](O)[C@@H](CO)O[C@@H](OC[C@H]2O[C@@H](OC[C@H]3O[C@@H](O[C@H]4[C@@H](O)[C@@H](CO[C@@H]5O[C@H](CO)[C@H](O)[C@H](OC)[C@H]5O)O[C@@H](O[C@H]5[C@H](O)[C@@H](NC(C)=O)[C@H](O[C@@H]6[C@@H](O[C@H]7[C@H](O)[C@@H](CO[C@H]8O[C@H](CO)[C@@H](O)[C@H](O)[C@@H]8O)O[C@@H](O[C@H]8[C@H](O)[C@@H](NC(C)=O)[C@H](O[C@H]9[C@H](O)[C@@H](NC(C)=O)C(O)O[C@@H]9CO)O[C@@H]8CO)[C@H]7O[C@@H]7O[C@H](CO)[C@H](O)[C@H]7O)O[C@H](CO)[C@@H](O)[C@@H]6O)O[C@@H]5CO)[C@@H]4NC(C)=O)[C@H](O)[C@@H](OC)[C@H]3O)[C@H](O)[C@@H](OC)[C@H]2O)[C@@H]1O. The number of carbonyl (C=O) groups excluding carboxylic acids is 4. The number of hydrogen-bond acceptors (Lipinski definition) is 60. The van der Waals surface area contributed by atoms with Gasteiger partial charge in [0.05, 0.1) is 79.3 Å². The van der Waals surface area contributed by atoms with Gasteiger partial charge in [-0.15, -0.1) is 0 Å². The van der Waals surface area contributed by atoms with Crippen molar-refractivity contribution >= 4 is 23.6 Å². The maximum Gasteiger partial charge on any atom is 0.217 e. The average molecular weight is 2150 g/mol. The highest BCUT2D eigenvalue weighted by Crippen LogP contribution is 2.43. The molecule has 59 atom stereocenters. The molecule has 0 saturated carbocycles. The highest BCUT2D eigenvalue weighted by Gasteiger charge is 2.64. The Morgan fingerprint density at radius 2 is 0.415 bits per heavy atom. The molecule has 0 aromatic carbocycles. The zero-order chi connectivity index (χ0) is 108. The third-order valence-corrected chi connectivity index (χ3v) is 27.3. The fraction of sp³-hybridized carbons (Fsp3) is 0.952. The van der Waals surface area contributed by atoms with E-state index in [-0.39, 0.29) is 0 Å². The van der Waals surface area contributed by atoms with Gasteiger partial charge in [0.1, 0.15) is 287 Å². The third kappa shape index (κ3) is 27.0. The quantitative estimate of drug-likeness (QED) is 0.0270. The molecule has 852 valence electrons. The van der Waals surface area contributed by atoms with Crippen LogP contribution in [0.5, 0.6) is 0 Å². The molecule has 12 aliphatic rings. The molecular formula is C83H140N4O60. The van der Waals surface area contributed by atoms with Gasteiger partial charge in [-0.25, -0.2) is 0 Å². The van der Waals surface area contributed by atoms with Crippen molar-refractivity contribution in [3.05, 3.63) is 0 Å². The Morgan fingerprint density at radius 1 is 0.190 bits per heavy atom. The molecule has 147 heavy (non-hydrogen) atoms. The molecule has 12 saturated heterocycles. The summed E-state index contributed by atoms with van der Waals surface area (Å²) in [6.07, 6.45) is -112. The number of carbonyl (C=O) groups is 4. The van der Waals surface area contributed by atoms with Gasteiger partial charge in [-0.1, -0.05) is 0 Å². The maximum absolute atomic E-state index is 13.8. The lowest BCUT2D eigenvalue weighted by molar-refractivity contribution is -0.407. The second-order valence-electron chi connectivity index (χ2n) is 37.1. The van der Waals surface area contributed by atoms with Crippen molar-refractivity contribution in [1.29, 1.82) is 0 Å². The zero-order valence-electron chi connectivity index (χ0n) is 80.2. The minimum absolute atomic E-state index is 0.692. The van der Waals surface area contributed by atoms with Crippen LogP contribution in [-0.2, 0) is 147 Å². The van der Waals surface area contributed by atoms with Gasteiger partial charge in [0.2, 0.25) is 23.6 Å². The molecule has 12 aliphatic heterocycles. The van der Waals surface area contributed by atoms with E-state index in [4.69, 9.17) is 128 Å². The summed E-state index contributed by atoms with van der Waals surface area (Å²) in [5, 5.41) is 339. The summed E-state index contributed by atoms with van der Waals surface area (Å²) in [5.74, 6) is -3.91. The first-order valence-corrected chi connectivity index (χ1v) is 47.1. The van der Waals surface area contributed by atoms with E-state index in [0.29, 0.717) is 0 Å². The zero-order valence-corrected chi connectivity index (χ0v) is 80.2. The van der Waals surface area contributed by atoms with E-state index in [9.17, 15) is 167 Å². The van der Waals surface area contributed by atoms with Crippen molar-refractivity contribution in [3.8, 4) is 0 Å². The largest absolute Gasteiger partial charge is 0.394 e. The minimum atomic E-state index is -2.58. The first-order chi connectivity index (χ1) is 69.8. The van der Waals surface area contributed by atoms with Crippen molar-refractivity contribution in [2.45, 2.75) is 390 Å². The number of ether oxygens (including phenoxy) is 27. The Morgan fingerprint density at radius 3 is 0.810 bits per heavy atom. The van der Waals surface area contributed by atoms with Crippen LogP contribution in [0.2, 0.25) is 0 Å². The van der Waals surface area contributed by atoms with E-state index in [1.54, 1.807) is 0 Å². The highest BCUT2D eigenvalue weighted by molar-refractivity contribution is 5.74. The Balaban J connectivity index is 0.868. The number of nitrogens with one attached hydrogen (secondary N) is 4. The van der Waals surface area contributed by atoms with Crippen LogP contribution in [0.15, 0.2) is 0 Å². The van der Waals surface area contributed by atoms with E-state index in [1.165, 1.54) is 0 Å². The fourth-order valence-electron chi connectivity index (χ4n) is 19.4. The van der Waals surface area contributed by atoms with E-state index in [2.05, 4.69) is 21.3 Å². The molecule has 12 rings (SSSR count). The lowest BCUT2D eigenvalue weighted by Crippen LogP contribution is -2.72.